The van der Waals surface area contributed by atoms with Gasteiger partial charge in [0.1, 0.15) is 5.75 Å². The van der Waals surface area contributed by atoms with Crippen LogP contribution in [0.2, 0.25) is 5.02 Å². The van der Waals surface area contributed by atoms with Gasteiger partial charge in [0.25, 0.3) is 0 Å². The van der Waals surface area contributed by atoms with Gasteiger partial charge in [-0.1, -0.05) is 29.8 Å². The zero-order valence-corrected chi connectivity index (χ0v) is 16.2. The van der Waals surface area contributed by atoms with Crippen LogP contribution >= 0.6 is 11.6 Å². The van der Waals surface area contributed by atoms with Crippen molar-refractivity contribution in [3.8, 4) is 5.75 Å². The van der Waals surface area contributed by atoms with Crippen molar-refractivity contribution in [2.75, 3.05) is 56.6 Å². The molecule has 0 aliphatic carbocycles. The third-order valence-electron chi connectivity index (χ3n) is 4.62. The molecule has 27 heavy (non-hydrogen) atoms. The Hall–Kier alpha value is -2.44. The Morgan fingerprint density at radius 3 is 2.56 bits per heavy atom. The maximum atomic E-state index is 12.1. The normalized spacial score (nSPS) is 14.7. The number of carbonyl (C=O) groups is 1. The predicted molar refractivity (Wildman–Crippen MR) is 110 cm³/mol. The van der Waals surface area contributed by atoms with Gasteiger partial charge < -0.3 is 20.3 Å². The minimum atomic E-state index is -0.265. The van der Waals surface area contributed by atoms with Crippen molar-refractivity contribution in [2.24, 2.45) is 0 Å². The highest BCUT2D eigenvalue weighted by Crippen LogP contribution is 2.27. The van der Waals surface area contributed by atoms with Crippen LogP contribution in [-0.2, 0) is 0 Å². The number of para-hydroxylation sites is 1. The van der Waals surface area contributed by atoms with Gasteiger partial charge in [-0.05, 0) is 30.3 Å². The molecule has 144 valence electrons. The van der Waals surface area contributed by atoms with Gasteiger partial charge in [-0.15, -0.1) is 0 Å². The summed E-state index contributed by atoms with van der Waals surface area (Å²) in [5.41, 5.74) is 1.82. The van der Waals surface area contributed by atoms with Gasteiger partial charge >= 0.3 is 6.03 Å². The number of urea groups is 1. The van der Waals surface area contributed by atoms with E-state index in [-0.39, 0.29) is 6.03 Å². The average Bonchev–Trinajstić information content (AvgIpc) is 2.69. The van der Waals surface area contributed by atoms with E-state index in [0.29, 0.717) is 23.0 Å². The maximum absolute atomic E-state index is 12.1. The number of rotatable bonds is 6. The van der Waals surface area contributed by atoms with Crippen molar-refractivity contribution < 1.29 is 9.53 Å². The predicted octanol–water partition coefficient (Wildman–Crippen LogP) is 3.29. The van der Waals surface area contributed by atoms with Crippen LogP contribution in [0.25, 0.3) is 0 Å². The number of methoxy groups -OCH3 is 1. The SMILES string of the molecule is COc1ccc(Cl)cc1NC(=O)NCCN1CCN(c2ccccc2)CC1. The molecule has 0 spiro atoms. The number of halogens is 1. The number of piperazine rings is 1. The molecule has 0 radical (unpaired) electrons. The third-order valence-corrected chi connectivity index (χ3v) is 4.85. The van der Waals surface area contributed by atoms with Crippen LogP contribution in [0.15, 0.2) is 48.5 Å². The van der Waals surface area contributed by atoms with Gasteiger partial charge in [0, 0.05) is 50.0 Å². The zero-order chi connectivity index (χ0) is 19.1. The van der Waals surface area contributed by atoms with Crippen molar-refractivity contribution in [2.45, 2.75) is 0 Å². The summed E-state index contributed by atoms with van der Waals surface area (Å²) in [5, 5.41) is 6.21. The largest absolute Gasteiger partial charge is 0.495 e. The van der Waals surface area contributed by atoms with E-state index in [0.717, 1.165) is 32.7 Å². The molecular weight excluding hydrogens is 364 g/mol. The van der Waals surface area contributed by atoms with Gasteiger partial charge in [-0.3, -0.25) is 4.90 Å². The smallest absolute Gasteiger partial charge is 0.319 e. The molecule has 1 fully saturated rings. The number of amides is 2. The van der Waals surface area contributed by atoms with Crippen LogP contribution in [0.1, 0.15) is 0 Å². The Morgan fingerprint density at radius 2 is 1.85 bits per heavy atom. The fourth-order valence-electron chi connectivity index (χ4n) is 3.14. The topological polar surface area (TPSA) is 56.8 Å². The van der Waals surface area contributed by atoms with Crippen LogP contribution in [0.3, 0.4) is 0 Å². The fourth-order valence-corrected chi connectivity index (χ4v) is 3.31. The summed E-state index contributed by atoms with van der Waals surface area (Å²) in [6, 6.07) is 15.3. The first-order valence-corrected chi connectivity index (χ1v) is 9.44. The molecule has 1 saturated heterocycles. The first-order chi connectivity index (χ1) is 13.2. The lowest BCUT2D eigenvalue weighted by molar-refractivity contribution is 0.240. The van der Waals surface area contributed by atoms with E-state index in [4.69, 9.17) is 16.3 Å². The molecule has 0 bridgehead atoms. The number of hydrogen-bond donors (Lipinski definition) is 2. The molecule has 0 atom stereocenters. The number of nitrogens with zero attached hydrogens (tertiary/aromatic N) is 2. The molecule has 2 aromatic rings. The van der Waals surface area contributed by atoms with Gasteiger partial charge in [-0.25, -0.2) is 4.79 Å². The molecule has 1 heterocycles. The molecule has 0 unspecified atom stereocenters. The van der Waals surface area contributed by atoms with E-state index in [1.54, 1.807) is 25.3 Å². The summed E-state index contributed by atoms with van der Waals surface area (Å²) >= 11 is 5.98. The highest BCUT2D eigenvalue weighted by Gasteiger charge is 2.17. The second-order valence-electron chi connectivity index (χ2n) is 6.39. The van der Waals surface area contributed by atoms with Crippen LogP contribution in [0.4, 0.5) is 16.2 Å². The minimum absolute atomic E-state index is 0.265. The Bertz CT molecular complexity index is 749. The number of ether oxygens (including phenoxy) is 1. The quantitative estimate of drug-likeness (QED) is 0.797. The summed E-state index contributed by atoms with van der Waals surface area (Å²) in [6.07, 6.45) is 0. The number of nitrogens with one attached hydrogen (secondary N) is 2. The van der Waals surface area contributed by atoms with E-state index in [9.17, 15) is 4.79 Å². The lowest BCUT2D eigenvalue weighted by Crippen LogP contribution is -2.48. The average molecular weight is 389 g/mol. The Labute approximate surface area is 165 Å². The van der Waals surface area contributed by atoms with E-state index < -0.39 is 0 Å². The monoisotopic (exact) mass is 388 g/mol. The first-order valence-electron chi connectivity index (χ1n) is 9.06. The van der Waals surface area contributed by atoms with Crippen LogP contribution in [0, 0.1) is 0 Å². The molecule has 2 amide bonds. The molecule has 2 aromatic carbocycles. The highest BCUT2D eigenvalue weighted by atomic mass is 35.5. The standard InChI is InChI=1S/C20H25ClN4O2/c1-27-19-8-7-16(21)15-18(19)23-20(26)22-9-10-24-11-13-25(14-12-24)17-5-3-2-4-6-17/h2-8,15H,9-14H2,1H3,(H2,22,23,26). The van der Waals surface area contributed by atoms with Crippen LogP contribution in [-0.4, -0.2) is 57.3 Å². The molecule has 0 saturated carbocycles. The van der Waals surface area contributed by atoms with E-state index in [1.807, 2.05) is 6.07 Å². The van der Waals surface area contributed by atoms with Crippen LogP contribution in [0.5, 0.6) is 5.75 Å². The van der Waals surface area contributed by atoms with Gasteiger partial charge in [0.05, 0.1) is 12.8 Å². The van der Waals surface area contributed by atoms with Crippen molar-refractivity contribution in [1.82, 2.24) is 10.2 Å². The summed E-state index contributed by atoms with van der Waals surface area (Å²) in [4.78, 5) is 16.9. The number of carbonyl (C=O) groups excluding carboxylic acids is 1. The number of benzene rings is 2. The Morgan fingerprint density at radius 1 is 1.11 bits per heavy atom. The summed E-state index contributed by atoms with van der Waals surface area (Å²) in [7, 11) is 1.56. The zero-order valence-electron chi connectivity index (χ0n) is 15.5. The Kier molecular flexibility index (Phi) is 6.79. The molecular formula is C20H25ClN4O2. The molecule has 3 rings (SSSR count). The van der Waals surface area contributed by atoms with E-state index in [1.165, 1.54) is 5.69 Å². The van der Waals surface area contributed by atoms with Crippen molar-refractivity contribution in [1.29, 1.82) is 0 Å². The molecule has 1 aliphatic heterocycles. The van der Waals surface area contributed by atoms with Crippen molar-refractivity contribution in [3.05, 3.63) is 53.6 Å². The second kappa shape index (κ2) is 9.48. The van der Waals surface area contributed by atoms with Gasteiger partial charge in [-0.2, -0.15) is 0 Å². The minimum Gasteiger partial charge on any atom is -0.495 e. The lowest BCUT2D eigenvalue weighted by atomic mass is 10.2. The first kappa shape index (κ1) is 19.3. The van der Waals surface area contributed by atoms with Gasteiger partial charge in [0.15, 0.2) is 0 Å². The Balaban J connectivity index is 1.39. The summed E-state index contributed by atoms with van der Waals surface area (Å²) in [5.74, 6) is 0.576. The number of anilines is 2. The van der Waals surface area contributed by atoms with Crippen molar-refractivity contribution >= 4 is 29.0 Å². The molecule has 1 aliphatic rings. The summed E-state index contributed by atoms with van der Waals surface area (Å²) in [6.45, 7) is 5.37. The third kappa shape index (κ3) is 5.52. The maximum Gasteiger partial charge on any atom is 0.319 e. The molecule has 0 aromatic heterocycles. The van der Waals surface area contributed by atoms with Crippen molar-refractivity contribution in [3.63, 3.8) is 0 Å². The summed E-state index contributed by atoms with van der Waals surface area (Å²) < 4.78 is 5.23. The van der Waals surface area contributed by atoms with E-state index in [2.05, 4.69) is 44.7 Å². The molecule has 7 heteroatoms. The van der Waals surface area contributed by atoms with Crippen LogP contribution < -0.4 is 20.3 Å². The highest BCUT2D eigenvalue weighted by molar-refractivity contribution is 6.31. The fraction of sp³-hybridized carbons (Fsp3) is 0.350. The molecule has 6 nitrogen and oxygen atoms in total. The van der Waals surface area contributed by atoms with E-state index >= 15 is 0 Å². The lowest BCUT2D eigenvalue weighted by Gasteiger charge is -2.36. The number of hydrogen-bond acceptors (Lipinski definition) is 4. The second-order valence-corrected chi connectivity index (χ2v) is 6.83. The molecule has 2 N–H and O–H groups in total. The van der Waals surface area contributed by atoms with Gasteiger partial charge in [0.2, 0.25) is 0 Å².